The molecule has 1 rings (SSSR count). The van der Waals surface area contributed by atoms with Gasteiger partial charge in [-0.2, -0.15) is 0 Å². The van der Waals surface area contributed by atoms with Crippen LogP contribution in [-0.2, 0) is 22.5 Å². The Kier molecular flexibility index (Phi) is 11.2. The van der Waals surface area contributed by atoms with Crippen molar-refractivity contribution < 1.29 is 9.53 Å². The molecule has 1 aromatic heterocycles. The molecule has 0 aliphatic carbocycles. The number of ether oxygens (including phenoxy) is 1. The fraction of sp³-hybridized carbons (Fsp3) is 0.833. The first kappa shape index (κ1) is 19.7. The van der Waals surface area contributed by atoms with E-state index in [0.29, 0.717) is 13.0 Å². The van der Waals surface area contributed by atoms with Crippen LogP contribution in [0.25, 0.3) is 0 Å². The summed E-state index contributed by atoms with van der Waals surface area (Å²) in [4.78, 5) is 11.2. The summed E-state index contributed by atoms with van der Waals surface area (Å²) in [5, 5.41) is 8.42. The van der Waals surface area contributed by atoms with E-state index in [2.05, 4.69) is 23.4 Å². The molecule has 0 radical (unpaired) electrons. The van der Waals surface area contributed by atoms with Gasteiger partial charge in [0, 0.05) is 19.2 Å². The van der Waals surface area contributed by atoms with Gasteiger partial charge in [0.15, 0.2) is 0 Å². The number of nitrogens with zero attached hydrogens (tertiary/aromatic N) is 3. The quantitative estimate of drug-likeness (QED) is 0.378. The second kappa shape index (κ2) is 13.1. The molecule has 0 aromatic carbocycles. The van der Waals surface area contributed by atoms with Crippen molar-refractivity contribution in [3.05, 3.63) is 11.9 Å². The Morgan fingerprint density at radius 2 is 1.78 bits per heavy atom. The molecule has 5 heteroatoms. The summed E-state index contributed by atoms with van der Waals surface area (Å²) in [6, 6.07) is 0. The number of aryl methyl sites for hydroxylation is 2. The maximum atomic E-state index is 11.2. The van der Waals surface area contributed by atoms with E-state index in [1.54, 1.807) is 0 Å². The molecule has 0 saturated carbocycles. The van der Waals surface area contributed by atoms with Gasteiger partial charge in [-0.25, -0.2) is 0 Å². The average molecular weight is 323 g/mol. The van der Waals surface area contributed by atoms with Crippen molar-refractivity contribution in [1.82, 2.24) is 15.0 Å². The fourth-order valence-electron chi connectivity index (χ4n) is 2.60. The van der Waals surface area contributed by atoms with Crippen LogP contribution in [0.4, 0.5) is 0 Å². The largest absolute Gasteiger partial charge is 0.466 e. The lowest BCUT2D eigenvalue weighted by molar-refractivity contribution is -0.143. The van der Waals surface area contributed by atoms with Crippen LogP contribution in [0.5, 0.6) is 0 Å². The van der Waals surface area contributed by atoms with E-state index in [4.69, 9.17) is 4.74 Å². The summed E-state index contributed by atoms with van der Waals surface area (Å²) in [7, 11) is 0. The van der Waals surface area contributed by atoms with Gasteiger partial charge in [0.25, 0.3) is 0 Å². The highest BCUT2D eigenvalue weighted by atomic mass is 16.5. The van der Waals surface area contributed by atoms with Crippen LogP contribution in [0.15, 0.2) is 6.20 Å². The molecule has 0 atom stereocenters. The van der Waals surface area contributed by atoms with Crippen molar-refractivity contribution in [2.24, 2.45) is 0 Å². The number of aromatic nitrogens is 3. The summed E-state index contributed by atoms with van der Waals surface area (Å²) in [6.07, 6.45) is 14.4. The minimum absolute atomic E-state index is 0.0884. The molecule has 0 amide bonds. The van der Waals surface area contributed by atoms with Crippen LogP contribution in [0.2, 0.25) is 0 Å². The van der Waals surface area contributed by atoms with Crippen LogP contribution in [0, 0.1) is 0 Å². The Morgan fingerprint density at radius 3 is 2.57 bits per heavy atom. The summed E-state index contributed by atoms with van der Waals surface area (Å²) in [5.41, 5.74) is 1.10. The third-order valence-corrected chi connectivity index (χ3v) is 3.95. The van der Waals surface area contributed by atoms with Crippen LogP contribution in [0.1, 0.15) is 83.7 Å². The standard InChI is InChI=1S/C18H33N3O2/c1-3-5-6-7-8-10-13-17-16-21(20-19-17)15-12-9-11-14-18(22)23-4-2/h16H,3-15H2,1-2H3. The number of rotatable bonds is 14. The summed E-state index contributed by atoms with van der Waals surface area (Å²) in [5.74, 6) is -0.0884. The smallest absolute Gasteiger partial charge is 0.305 e. The number of hydrogen-bond acceptors (Lipinski definition) is 4. The van der Waals surface area contributed by atoms with Crippen LogP contribution < -0.4 is 0 Å². The molecule has 0 spiro atoms. The third-order valence-electron chi connectivity index (χ3n) is 3.95. The lowest BCUT2D eigenvalue weighted by Crippen LogP contribution is -2.04. The van der Waals surface area contributed by atoms with Gasteiger partial charge in [-0.05, 0) is 32.6 Å². The van der Waals surface area contributed by atoms with E-state index in [1.807, 2.05) is 11.6 Å². The number of carbonyl (C=O) groups excluding carboxylic acids is 1. The molecule has 0 saturated heterocycles. The van der Waals surface area contributed by atoms with Crippen LogP contribution in [0.3, 0.4) is 0 Å². The minimum atomic E-state index is -0.0884. The molecule has 1 aromatic rings. The number of hydrogen-bond donors (Lipinski definition) is 0. The van der Waals surface area contributed by atoms with Gasteiger partial charge in [-0.15, -0.1) is 5.10 Å². The molecule has 1 heterocycles. The SMILES string of the molecule is CCCCCCCCc1cn(CCCCCC(=O)OCC)nn1. The molecule has 0 N–H and O–H groups in total. The Balaban J connectivity index is 2.04. The summed E-state index contributed by atoms with van der Waals surface area (Å²) < 4.78 is 6.84. The highest BCUT2D eigenvalue weighted by molar-refractivity contribution is 5.69. The van der Waals surface area contributed by atoms with Crippen molar-refractivity contribution in [2.45, 2.75) is 91.0 Å². The van der Waals surface area contributed by atoms with E-state index in [1.165, 1.54) is 38.5 Å². The van der Waals surface area contributed by atoms with Gasteiger partial charge in [-0.1, -0.05) is 50.7 Å². The molecule has 0 fully saturated rings. The number of esters is 1. The molecule has 0 aliphatic rings. The van der Waals surface area contributed by atoms with Gasteiger partial charge < -0.3 is 4.74 Å². The van der Waals surface area contributed by atoms with Crippen molar-refractivity contribution in [3.63, 3.8) is 0 Å². The highest BCUT2D eigenvalue weighted by Crippen LogP contribution is 2.09. The maximum Gasteiger partial charge on any atom is 0.305 e. The zero-order chi connectivity index (χ0) is 16.8. The second-order valence-electron chi connectivity index (χ2n) is 6.11. The van der Waals surface area contributed by atoms with Crippen molar-refractivity contribution in [2.75, 3.05) is 6.61 Å². The predicted octanol–water partition coefficient (Wildman–Crippen LogP) is 4.30. The molecular weight excluding hydrogens is 290 g/mol. The molecule has 0 unspecified atom stereocenters. The molecular formula is C18H33N3O2. The minimum Gasteiger partial charge on any atom is -0.466 e. The lowest BCUT2D eigenvalue weighted by Gasteiger charge is -2.02. The van der Waals surface area contributed by atoms with Crippen molar-refractivity contribution in [1.29, 1.82) is 0 Å². The number of carbonyl (C=O) groups is 1. The lowest BCUT2D eigenvalue weighted by atomic mass is 10.1. The molecule has 23 heavy (non-hydrogen) atoms. The molecule has 0 bridgehead atoms. The second-order valence-corrected chi connectivity index (χ2v) is 6.11. The molecule has 5 nitrogen and oxygen atoms in total. The van der Waals surface area contributed by atoms with Gasteiger partial charge in [-0.3, -0.25) is 9.48 Å². The van der Waals surface area contributed by atoms with Crippen LogP contribution >= 0.6 is 0 Å². The predicted molar refractivity (Wildman–Crippen MR) is 92.2 cm³/mol. The monoisotopic (exact) mass is 323 g/mol. The van der Waals surface area contributed by atoms with E-state index in [-0.39, 0.29) is 5.97 Å². The van der Waals surface area contributed by atoms with Crippen LogP contribution in [-0.4, -0.2) is 27.6 Å². The Hall–Kier alpha value is -1.39. The first-order valence-electron chi connectivity index (χ1n) is 9.30. The Morgan fingerprint density at radius 1 is 1.04 bits per heavy atom. The Bertz CT molecular complexity index is 418. The normalized spacial score (nSPS) is 10.9. The van der Waals surface area contributed by atoms with E-state index < -0.39 is 0 Å². The Labute approximate surface area is 140 Å². The van der Waals surface area contributed by atoms with Gasteiger partial charge in [0.05, 0.1) is 12.3 Å². The van der Waals surface area contributed by atoms with Gasteiger partial charge >= 0.3 is 5.97 Å². The molecule has 132 valence electrons. The first-order chi connectivity index (χ1) is 11.3. The van der Waals surface area contributed by atoms with Crippen molar-refractivity contribution >= 4 is 5.97 Å². The third kappa shape index (κ3) is 10.1. The van der Waals surface area contributed by atoms with Gasteiger partial charge in [0.1, 0.15) is 0 Å². The van der Waals surface area contributed by atoms with Crippen molar-refractivity contribution in [3.8, 4) is 0 Å². The topological polar surface area (TPSA) is 57.0 Å². The fourth-order valence-corrected chi connectivity index (χ4v) is 2.60. The number of unbranched alkanes of at least 4 members (excludes halogenated alkanes) is 7. The average Bonchev–Trinajstić information content (AvgIpc) is 2.98. The van der Waals surface area contributed by atoms with Gasteiger partial charge in [0.2, 0.25) is 0 Å². The van der Waals surface area contributed by atoms with E-state index in [9.17, 15) is 4.79 Å². The highest BCUT2D eigenvalue weighted by Gasteiger charge is 2.03. The zero-order valence-corrected chi connectivity index (χ0v) is 14.9. The summed E-state index contributed by atoms with van der Waals surface area (Å²) in [6.45, 7) is 5.44. The molecule has 0 aliphatic heterocycles. The first-order valence-corrected chi connectivity index (χ1v) is 9.30. The maximum absolute atomic E-state index is 11.2. The zero-order valence-electron chi connectivity index (χ0n) is 14.9. The van der Waals surface area contributed by atoms with E-state index >= 15 is 0 Å². The summed E-state index contributed by atoms with van der Waals surface area (Å²) >= 11 is 0. The van der Waals surface area contributed by atoms with E-state index in [0.717, 1.165) is 37.9 Å².